The molecule has 0 amide bonds. The van der Waals surface area contributed by atoms with E-state index in [2.05, 4.69) is 33.6 Å². The van der Waals surface area contributed by atoms with Gasteiger partial charge in [-0.2, -0.15) is 0 Å². The van der Waals surface area contributed by atoms with E-state index >= 15 is 0 Å². The predicted octanol–water partition coefficient (Wildman–Crippen LogP) is 0.889. The van der Waals surface area contributed by atoms with Crippen LogP contribution < -0.4 is 10.2 Å². The molecule has 2 heterocycles. The van der Waals surface area contributed by atoms with Crippen LogP contribution in [0.5, 0.6) is 0 Å². The van der Waals surface area contributed by atoms with Gasteiger partial charge in [0.1, 0.15) is 0 Å². The van der Waals surface area contributed by atoms with Crippen LogP contribution in [0.15, 0.2) is 12.4 Å². The molecule has 0 aliphatic carbocycles. The van der Waals surface area contributed by atoms with E-state index in [4.69, 9.17) is 4.74 Å². The smallest absolute Gasteiger partial charge is 0.205 e. The molecule has 1 aromatic heterocycles. The molecule has 0 aromatic carbocycles. The van der Waals surface area contributed by atoms with Crippen molar-refractivity contribution < 1.29 is 4.74 Å². The minimum atomic E-state index is 0.322. The van der Waals surface area contributed by atoms with E-state index < -0.39 is 0 Å². The fourth-order valence-corrected chi connectivity index (χ4v) is 2.33. The summed E-state index contributed by atoms with van der Waals surface area (Å²) in [7, 11) is 1.74. The van der Waals surface area contributed by atoms with E-state index in [1.54, 1.807) is 7.11 Å². The van der Waals surface area contributed by atoms with E-state index in [1.165, 1.54) is 0 Å². The molecule has 1 saturated heterocycles. The zero-order valence-corrected chi connectivity index (χ0v) is 10.9. The normalized spacial score (nSPS) is 22.8. The molecule has 1 aliphatic heterocycles. The highest BCUT2D eigenvalue weighted by Gasteiger charge is 2.21. The number of hydrogen-bond donors (Lipinski definition) is 1. The second-order valence-corrected chi connectivity index (χ2v) is 4.74. The molecule has 1 unspecified atom stereocenters. The van der Waals surface area contributed by atoms with Crippen LogP contribution in [0.1, 0.15) is 19.9 Å². The highest BCUT2D eigenvalue weighted by Crippen LogP contribution is 2.19. The molecule has 1 N–H and O–H groups in total. The monoisotopic (exact) mass is 238 g/mol. The predicted molar refractivity (Wildman–Crippen MR) is 68.5 cm³/mol. The van der Waals surface area contributed by atoms with Crippen LogP contribution in [0.3, 0.4) is 0 Å². The van der Waals surface area contributed by atoms with Crippen molar-refractivity contribution in [2.45, 2.75) is 25.9 Å². The van der Waals surface area contributed by atoms with Crippen molar-refractivity contribution in [3.63, 3.8) is 0 Å². The third-order valence-electron chi connectivity index (χ3n) is 3.18. The van der Waals surface area contributed by atoms with Gasteiger partial charge in [-0.15, -0.1) is 0 Å². The van der Waals surface area contributed by atoms with Gasteiger partial charge in [0.2, 0.25) is 5.95 Å². The number of piperazine rings is 1. The number of imidazole rings is 1. The Morgan fingerprint density at radius 1 is 1.65 bits per heavy atom. The van der Waals surface area contributed by atoms with Crippen molar-refractivity contribution in [2.75, 3.05) is 38.3 Å². The zero-order valence-electron chi connectivity index (χ0n) is 10.9. The van der Waals surface area contributed by atoms with E-state index in [0.717, 1.165) is 25.6 Å². The van der Waals surface area contributed by atoms with E-state index in [-0.39, 0.29) is 0 Å². The summed E-state index contributed by atoms with van der Waals surface area (Å²) >= 11 is 0. The first-order valence-electron chi connectivity index (χ1n) is 6.22. The molecule has 1 aromatic rings. The Labute approximate surface area is 103 Å². The van der Waals surface area contributed by atoms with E-state index in [1.807, 2.05) is 12.4 Å². The molecule has 0 spiro atoms. The second-order valence-electron chi connectivity index (χ2n) is 4.74. The van der Waals surface area contributed by atoms with Crippen LogP contribution in [-0.2, 0) is 4.74 Å². The second kappa shape index (κ2) is 5.51. The lowest BCUT2D eigenvalue weighted by atomic mass is 10.2. The molecular formula is C12H22N4O. The molecule has 5 heteroatoms. The average Bonchev–Trinajstić information content (AvgIpc) is 2.78. The van der Waals surface area contributed by atoms with Crippen molar-refractivity contribution in [2.24, 2.45) is 0 Å². The summed E-state index contributed by atoms with van der Waals surface area (Å²) in [6.07, 6.45) is 3.90. The Kier molecular flexibility index (Phi) is 4.02. The Hall–Kier alpha value is -1.07. The first-order chi connectivity index (χ1) is 8.22. The maximum absolute atomic E-state index is 5.21. The first-order valence-corrected chi connectivity index (χ1v) is 6.22. The summed E-state index contributed by atoms with van der Waals surface area (Å²) in [5, 5.41) is 3.44. The summed E-state index contributed by atoms with van der Waals surface area (Å²) in [4.78, 5) is 6.82. The van der Waals surface area contributed by atoms with Gasteiger partial charge in [-0.25, -0.2) is 4.98 Å². The minimum absolute atomic E-state index is 0.322. The highest BCUT2D eigenvalue weighted by atomic mass is 16.5. The molecule has 5 nitrogen and oxygen atoms in total. The molecule has 0 saturated carbocycles. The van der Waals surface area contributed by atoms with Crippen LogP contribution in [0.2, 0.25) is 0 Å². The summed E-state index contributed by atoms with van der Waals surface area (Å²) in [5.41, 5.74) is 0. The lowest BCUT2D eigenvalue weighted by molar-refractivity contribution is 0.162. The fourth-order valence-electron chi connectivity index (χ4n) is 2.33. The molecule has 1 fully saturated rings. The molecule has 0 bridgehead atoms. The van der Waals surface area contributed by atoms with Gasteiger partial charge in [-0.1, -0.05) is 0 Å². The number of rotatable bonds is 4. The number of nitrogens with one attached hydrogen (secondary N) is 1. The van der Waals surface area contributed by atoms with Crippen molar-refractivity contribution in [1.29, 1.82) is 0 Å². The number of methoxy groups -OCH3 is 1. The fraction of sp³-hybridized carbons (Fsp3) is 0.750. The quantitative estimate of drug-likeness (QED) is 0.846. The Morgan fingerprint density at radius 3 is 3.18 bits per heavy atom. The van der Waals surface area contributed by atoms with Crippen LogP contribution in [0, 0.1) is 0 Å². The lowest BCUT2D eigenvalue weighted by Gasteiger charge is -2.33. The van der Waals surface area contributed by atoms with Crippen LogP contribution in [0.4, 0.5) is 5.95 Å². The Bertz CT molecular complexity index is 352. The molecular weight excluding hydrogens is 216 g/mol. The van der Waals surface area contributed by atoms with Crippen molar-refractivity contribution >= 4 is 5.95 Å². The molecule has 2 atom stereocenters. The van der Waals surface area contributed by atoms with Gasteiger partial charge in [0.25, 0.3) is 0 Å². The van der Waals surface area contributed by atoms with Gasteiger partial charge in [0.15, 0.2) is 0 Å². The van der Waals surface area contributed by atoms with Gasteiger partial charge < -0.3 is 19.5 Å². The van der Waals surface area contributed by atoms with Crippen LogP contribution in [-0.4, -0.2) is 48.9 Å². The maximum Gasteiger partial charge on any atom is 0.205 e. The number of aromatic nitrogens is 2. The number of nitrogens with zero attached hydrogens (tertiary/aromatic N) is 3. The third kappa shape index (κ3) is 2.79. The summed E-state index contributed by atoms with van der Waals surface area (Å²) in [6.45, 7) is 8.12. The van der Waals surface area contributed by atoms with E-state index in [9.17, 15) is 0 Å². The van der Waals surface area contributed by atoms with Crippen molar-refractivity contribution in [3.05, 3.63) is 12.4 Å². The molecule has 17 heavy (non-hydrogen) atoms. The largest absolute Gasteiger partial charge is 0.383 e. The first kappa shape index (κ1) is 12.4. The molecule has 2 rings (SSSR count). The van der Waals surface area contributed by atoms with Crippen LogP contribution >= 0.6 is 0 Å². The Morgan fingerprint density at radius 2 is 2.47 bits per heavy atom. The summed E-state index contributed by atoms with van der Waals surface area (Å²) in [5.74, 6) is 1.06. The molecule has 1 aliphatic rings. The maximum atomic E-state index is 5.21. The van der Waals surface area contributed by atoms with Gasteiger partial charge in [-0.3, -0.25) is 0 Å². The Balaban J connectivity index is 2.12. The van der Waals surface area contributed by atoms with Crippen LogP contribution in [0.25, 0.3) is 0 Å². The zero-order chi connectivity index (χ0) is 12.3. The highest BCUT2D eigenvalue weighted by molar-refractivity contribution is 5.33. The number of hydrogen-bond acceptors (Lipinski definition) is 4. The van der Waals surface area contributed by atoms with Gasteiger partial charge >= 0.3 is 0 Å². The molecule has 96 valence electrons. The van der Waals surface area contributed by atoms with Crippen molar-refractivity contribution in [1.82, 2.24) is 14.9 Å². The van der Waals surface area contributed by atoms with Gasteiger partial charge in [0, 0.05) is 45.2 Å². The number of ether oxygens (including phenoxy) is 1. The summed E-state index contributed by atoms with van der Waals surface area (Å²) < 4.78 is 7.41. The van der Waals surface area contributed by atoms with Gasteiger partial charge in [-0.05, 0) is 13.8 Å². The van der Waals surface area contributed by atoms with Gasteiger partial charge in [0.05, 0.1) is 12.6 Å². The third-order valence-corrected chi connectivity index (χ3v) is 3.18. The lowest BCUT2D eigenvalue weighted by Crippen LogP contribution is -2.50. The average molecular weight is 238 g/mol. The van der Waals surface area contributed by atoms with Crippen molar-refractivity contribution in [3.8, 4) is 0 Å². The number of anilines is 1. The minimum Gasteiger partial charge on any atom is -0.383 e. The summed E-state index contributed by atoms with van der Waals surface area (Å²) in [6, 6.07) is 0.842. The van der Waals surface area contributed by atoms with E-state index in [0.29, 0.717) is 18.7 Å². The molecule has 0 radical (unpaired) electrons. The standard InChI is InChI=1S/C12H22N4O/c1-10-8-15(6-4-13-10)12-14-5-7-16(12)11(2)9-17-3/h5,7,10-11,13H,4,6,8-9H2,1-3H3/t10-,11?/m1/s1. The SMILES string of the molecule is COCC(C)n1ccnc1N1CCN[C@H](C)C1. The topological polar surface area (TPSA) is 42.3 Å².